The van der Waals surface area contributed by atoms with Crippen LogP contribution in [0.15, 0.2) is 26.2 Å². The molecule has 1 fully saturated rings. The van der Waals surface area contributed by atoms with Crippen LogP contribution in [0, 0.1) is 5.41 Å². The van der Waals surface area contributed by atoms with Crippen molar-refractivity contribution in [2.24, 2.45) is 12.5 Å². The second kappa shape index (κ2) is 7.69. The summed E-state index contributed by atoms with van der Waals surface area (Å²) in [5, 5.41) is 1.47. The Labute approximate surface area is 176 Å². The summed E-state index contributed by atoms with van der Waals surface area (Å²) >= 11 is 1.01. The van der Waals surface area contributed by atoms with Gasteiger partial charge in [-0.15, -0.1) is 0 Å². The van der Waals surface area contributed by atoms with Crippen LogP contribution in [0.4, 0.5) is 0 Å². The predicted molar refractivity (Wildman–Crippen MR) is 107 cm³/mol. The molecule has 164 valence electrons. The van der Waals surface area contributed by atoms with Crippen LogP contribution in [-0.2, 0) is 31.2 Å². The lowest BCUT2D eigenvalue weighted by molar-refractivity contribution is -0.145. The third-order valence-corrected chi connectivity index (χ3v) is 7.79. The Hall–Kier alpha value is -2.41. The lowest BCUT2D eigenvalue weighted by Gasteiger charge is -2.44. The van der Waals surface area contributed by atoms with Gasteiger partial charge in [0.2, 0.25) is 5.91 Å². The highest BCUT2D eigenvalue weighted by molar-refractivity contribution is 7.99. The van der Waals surface area contributed by atoms with Crippen molar-refractivity contribution in [2.75, 3.05) is 18.1 Å². The van der Waals surface area contributed by atoms with Crippen LogP contribution in [0.1, 0.15) is 27.2 Å². The number of aromatic amines is 1. The van der Waals surface area contributed by atoms with E-state index in [9.17, 15) is 27.6 Å². The normalized spacial score (nSPS) is 20.6. The number of β-lactam (4-membered cyclic amide) rings is 1. The van der Waals surface area contributed by atoms with E-state index in [1.165, 1.54) is 11.7 Å². The second-order valence-corrected chi connectivity index (χ2v) is 11.2. The first-order valence-electron chi connectivity index (χ1n) is 9.03. The minimum Gasteiger partial charge on any atom is -0.471 e. The first-order chi connectivity index (χ1) is 13.8. The zero-order valence-electron chi connectivity index (χ0n) is 16.9. The number of hydrogen-bond donors (Lipinski definition) is 1. The molecule has 0 aromatic carbocycles. The molecule has 11 nitrogen and oxygen atoms in total. The molecule has 13 heteroatoms. The van der Waals surface area contributed by atoms with Gasteiger partial charge in [-0.3, -0.25) is 33.9 Å². The average molecular weight is 459 g/mol. The quantitative estimate of drug-likeness (QED) is 0.335. The maximum Gasteiger partial charge on any atom is 0.339 e. The van der Waals surface area contributed by atoms with E-state index in [0.717, 1.165) is 16.7 Å². The number of carbonyl (C=O) groups excluding carboxylic acids is 2. The van der Waals surface area contributed by atoms with Crippen LogP contribution in [0.2, 0.25) is 0 Å². The van der Waals surface area contributed by atoms with Crippen molar-refractivity contribution in [1.82, 2.24) is 19.7 Å². The number of nitrogens with one attached hydrogen (secondary N) is 1. The summed E-state index contributed by atoms with van der Waals surface area (Å²) in [4.78, 5) is 52.0. The number of fused-ring (bicyclic) bond motifs is 1. The highest BCUT2D eigenvalue weighted by Gasteiger charge is 2.52. The van der Waals surface area contributed by atoms with Gasteiger partial charge in [-0.25, -0.2) is 8.42 Å². The number of Topliss-reactive ketones (excluding diaryl/α,β-unsaturated/α-hetero) is 1. The molecule has 2 aliphatic heterocycles. The van der Waals surface area contributed by atoms with Crippen LogP contribution in [0.3, 0.4) is 0 Å². The topological polar surface area (TPSA) is 148 Å². The Morgan fingerprint density at radius 1 is 1.30 bits per heavy atom. The largest absolute Gasteiger partial charge is 0.471 e. The van der Waals surface area contributed by atoms with Crippen molar-refractivity contribution < 1.29 is 22.7 Å². The van der Waals surface area contributed by atoms with E-state index in [-0.39, 0.29) is 46.9 Å². The number of amides is 1. The van der Waals surface area contributed by atoms with Crippen LogP contribution >= 0.6 is 11.8 Å². The number of H-pyrrole nitrogens is 1. The fourth-order valence-corrected chi connectivity index (χ4v) is 5.74. The number of nitrogens with zero attached hydrogens (tertiary/aromatic N) is 3. The van der Waals surface area contributed by atoms with Gasteiger partial charge in [0, 0.05) is 23.8 Å². The Bertz CT molecular complexity index is 1160. The molecule has 1 aromatic rings. The number of aromatic nitrogens is 3. The van der Waals surface area contributed by atoms with Crippen molar-refractivity contribution in [3.63, 3.8) is 0 Å². The van der Waals surface area contributed by atoms with Gasteiger partial charge in [-0.1, -0.05) is 32.5 Å². The van der Waals surface area contributed by atoms with E-state index in [4.69, 9.17) is 4.74 Å². The zero-order chi connectivity index (χ0) is 22.4. The Kier molecular flexibility index (Phi) is 5.71. The van der Waals surface area contributed by atoms with Crippen LogP contribution in [0.5, 0.6) is 0 Å². The predicted octanol–water partition coefficient (Wildman–Crippen LogP) is -0.609. The van der Waals surface area contributed by atoms with Crippen LogP contribution in [0.25, 0.3) is 0 Å². The lowest BCUT2D eigenvalue weighted by Crippen LogP contribution is -2.59. The van der Waals surface area contributed by atoms with Gasteiger partial charge in [0.25, 0.3) is 0 Å². The molecule has 0 aliphatic carbocycles. The number of hydrogen-bond acceptors (Lipinski definition) is 9. The van der Waals surface area contributed by atoms with Crippen molar-refractivity contribution in [2.45, 2.75) is 37.7 Å². The number of thioether (sulfide) groups is 1. The van der Waals surface area contributed by atoms with E-state index < -0.39 is 37.7 Å². The van der Waals surface area contributed by atoms with Crippen molar-refractivity contribution in [3.8, 4) is 0 Å². The summed E-state index contributed by atoms with van der Waals surface area (Å²) in [5.74, 6) is -0.861. The monoisotopic (exact) mass is 458 g/mol. The van der Waals surface area contributed by atoms with Crippen molar-refractivity contribution >= 4 is 33.3 Å². The number of carbonyl (C=O) groups is 2. The minimum atomic E-state index is -3.61. The third kappa shape index (κ3) is 4.21. The van der Waals surface area contributed by atoms with E-state index in [0.29, 0.717) is 0 Å². The molecule has 0 spiro atoms. The minimum absolute atomic E-state index is 0.0289. The SMILES string of the molecule is Cn1[nH]c(=O)c(=O)nc1SCC1=C(OCC(=O)C(C)(C)C)N2C(=O)C[C@@H]2S(=O)(=O)C1. The van der Waals surface area contributed by atoms with Gasteiger partial charge in [0.15, 0.2) is 32.0 Å². The summed E-state index contributed by atoms with van der Waals surface area (Å²) < 4.78 is 32.0. The van der Waals surface area contributed by atoms with Gasteiger partial charge in [-0.2, -0.15) is 4.98 Å². The highest BCUT2D eigenvalue weighted by Crippen LogP contribution is 2.38. The summed E-state index contributed by atoms with van der Waals surface area (Å²) in [5.41, 5.74) is -2.22. The molecular weight excluding hydrogens is 436 g/mol. The number of ether oxygens (including phenoxy) is 1. The Balaban J connectivity index is 1.92. The van der Waals surface area contributed by atoms with Crippen molar-refractivity contribution in [1.29, 1.82) is 0 Å². The molecule has 1 atom stereocenters. The molecule has 1 N–H and O–H groups in total. The number of rotatable bonds is 6. The molecule has 1 amide bonds. The molecule has 0 bridgehead atoms. The molecule has 0 unspecified atom stereocenters. The van der Waals surface area contributed by atoms with Gasteiger partial charge in [0.1, 0.15) is 6.61 Å². The highest BCUT2D eigenvalue weighted by atomic mass is 32.2. The fourth-order valence-electron chi connectivity index (χ4n) is 2.86. The fraction of sp³-hybridized carbons (Fsp3) is 0.588. The second-order valence-electron chi connectivity index (χ2n) is 8.09. The van der Waals surface area contributed by atoms with E-state index in [2.05, 4.69) is 10.1 Å². The molecule has 1 aromatic heterocycles. The average Bonchev–Trinajstić information content (AvgIpc) is 2.61. The molecular formula is C17H22N4O7S2. The molecule has 30 heavy (non-hydrogen) atoms. The molecule has 0 saturated carbocycles. The number of aryl methyl sites for hydroxylation is 1. The Morgan fingerprint density at radius 3 is 2.57 bits per heavy atom. The summed E-state index contributed by atoms with van der Waals surface area (Å²) in [7, 11) is -2.13. The molecule has 1 saturated heterocycles. The first-order valence-corrected chi connectivity index (χ1v) is 11.7. The van der Waals surface area contributed by atoms with Gasteiger partial charge in [-0.05, 0) is 0 Å². The van der Waals surface area contributed by atoms with Gasteiger partial charge in [0.05, 0.1) is 12.2 Å². The lowest BCUT2D eigenvalue weighted by atomic mass is 9.91. The maximum atomic E-state index is 12.5. The van der Waals surface area contributed by atoms with Gasteiger partial charge < -0.3 is 4.74 Å². The van der Waals surface area contributed by atoms with Crippen LogP contribution in [-0.4, -0.2) is 63.3 Å². The van der Waals surface area contributed by atoms with Crippen LogP contribution < -0.4 is 11.1 Å². The van der Waals surface area contributed by atoms with E-state index >= 15 is 0 Å². The maximum absolute atomic E-state index is 12.5. The Morgan fingerprint density at radius 2 is 1.97 bits per heavy atom. The smallest absolute Gasteiger partial charge is 0.339 e. The van der Waals surface area contributed by atoms with Gasteiger partial charge >= 0.3 is 11.1 Å². The number of ketones is 1. The third-order valence-electron chi connectivity index (χ3n) is 4.72. The zero-order valence-corrected chi connectivity index (χ0v) is 18.6. The molecule has 3 rings (SSSR count). The number of sulfone groups is 1. The van der Waals surface area contributed by atoms with E-state index in [1.807, 2.05) is 0 Å². The standard InChI is InChI=1S/C17H22N4O7S2/c1-17(2,3)10(22)6-28-15-9(8-30(26,27)12-5-11(23)21(12)15)7-29-16-18-13(24)14(25)19-20(16)4/h12H,5-8H2,1-4H3,(H,19,25)/t12-/m0/s1. The molecule has 3 heterocycles. The summed E-state index contributed by atoms with van der Waals surface area (Å²) in [6, 6.07) is 0. The van der Waals surface area contributed by atoms with E-state index in [1.54, 1.807) is 20.8 Å². The van der Waals surface area contributed by atoms with Crippen molar-refractivity contribution in [3.05, 3.63) is 32.2 Å². The molecule has 0 radical (unpaired) electrons. The first kappa shape index (κ1) is 22.3. The summed E-state index contributed by atoms with van der Waals surface area (Å²) in [6.07, 6.45) is -0.126. The summed E-state index contributed by atoms with van der Waals surface area (Å²) in [6.45, 7) is 4.89. The molecule has 2 aliphatic rings.